The third-order valence-corrected chi connectivity index (χ3v) is 6.54. The highest BCUT2D eigenvalue weighted by Gasteiger charge is 2.35. The Morgan fingerprint density at radius 2 is 1.62 bits per heavy atom. The Hall–Kier alpha value is -3.85. The van der Waals surface area contributed by atoms with Crippen molar-refractivity contribution in [1.29, 1.82) is 5.26 Å². The molecule has 0 aromatic heterocycles. The zero-order valence-corrected chi connectivity index (χ0v) is 22.3. The molecule has 1 aliphatic heterocycles. The van der Waals surface area contributed by atoms with Gasteiger partial charge in [0.15, 0.2) is 11.5 Å². The van der Waals surface area contributed by atoms with Gasteiger partial charge in [-0.05, 0) is 55.2 Å². The molecule has 0 N–H and O–H groups in total. The number of ether oxygens (including phenoxy) is 2. The van der Waals surface area contributed by atoms with Crippen LogP contribution in [0.1, 0.15) is 69.1 Å². The summed E-state index contributed by atoms with van der Waals surface area (Å²) in [5.74, 6) is 0.218. The van der Waals surface area contributed by atoms with Crippen LogP contribution in [0.4, 0.5) is 0 Å². The predicted molar refractivity (Wildman–Crippen MR) is 145 cm³/mol. The van der Waals surface area contributed by atoms with E-state index in [2.05, 4.69) is 6.92 Å². The molecule has 2 aromatic rings. The monoisotopic (exact) mass is 500 g/mol. The van der Waals surface area contributed by atoms with Gasteiger partial charge >= 0.3 is 0 Å². The number of nitrogens with zero attached hydrogens (tertiary/aromatic N) is 2. The molecule has 1 aliphatic rings. The topological polar surface area (TPSA) is 79.6 Å². The van der Waals surface area contributed by atoms with Gasteiger partial charge in [0, 0.05) is 5.57 Å². The predicted octanol–water partition coefficient (Wildman–Crippen LogP) is 6.54. The number of carbonyl (C=O) groups is 2. The Balaban J connectivity index is 1.80. The van der Waals surface area contributed by atoms with E-state index in [0.717, 1.165) is 28.9 Å². The standard InChI is InChI=1S/C31H36N2O4/c1-5-6-7-8-9-10-17-37-28-16-15-25(19-29(28)36-4)18-26-23(3)27(20-32)31(35)33(30(26)34)21-24-13-11-22(2)12-14-24/h11-16,18-19H,5-10,17,21H2,1-4H3/b26-18+. The summed E-state index contributed by atoms with van der Waals surface area (Å²) in [4.78, 5) is 27.5. The summed E-state index contributed by atoms with van der Waals surface area (Å²) >= 11 is 0. The molecule has 3 rings (SSSR count). The van der Waals surface area contributed by atoms with Crippen molar-refractivity contribution in [2.75, 3.05) is 13.7 Å². The Bertz CT molecular complexity index is 1220. The second-order valence-corrected chi connectivity index (χ2v) is 9.38. The zero-order valence-electron chi connectivity index (χ0n) is 22.3. The van der Waals surface area contributed by atoms with E-state index < -0.39 is 11.8 Å². The van der Waals surface area contributed by atoms with Gasteiger partial charge < -0.3 is 9.47 Å². The fourth-order valence-electron chi connectivity index (χ4n) is 4.27. The molecule has 37 heavy (non-hydrogen) atoms. The first-order valence-electron chi connectivity index (χ1n) is 12.9. The number of benzene rings is 2. The average molecular weight is 501 g/mol. The minimum atomic E-state index is -0.571. The van der Waals surface area contributed by atoms with Crippen LogP contribution in [0.15, 0.2) is 59.2 Å². The Labute approximate surface area is 220 Å². The van der Waals surface area contributed by atoms with Gasteiger partial charge in [0.1, 0.15) is 11.6 Å². The lowest BCUT2D eigenvalue weighted by molar-refractivity contribution is -0.141. The molecule has 6 heteroatoms. The van der Waals surface area contributed by atoms with E-state index in [-0.39, 0.29) is 12.1 Å². The van der Waals surface area contributed by atoms with Crippen LogP contribution in [0.2, 0.25) is 0 Å². The quantitative estimate of drug-likeness (QED) is 0.188. The van der Waals surface area contributed by atoms with E-state index in [1.807, 2.05) is 49.4 Å². The van der Waals surface area contributed by atoms with Gasteiger partial charge in [-0.1, -0.05) is 74.9 Å². The number of imide groups is 1. The molecule has 0 atom stereocenters. The van der Waals surface area contributed by atoms with Crippen molar-refractivity contribution in [1.82, 2.24) is 4.90 Å². The van der Waals surface area contributed by atoms with E-state index in [9.17, 15) is 14.9 Å². The molecule has 0 bridgehead atoms. The summed E-state index contributed by atoms with van der Waals surface area (Å²) in [5, 5.41) is 9.67. The first-order valence-corrected chi connectivity index (χ1v) is 12.9. The van der Waals surface area contributed by atoms with E-state index in [0.29, 0.717) is 34.8 Å². The Morgan fingerprint density at radius 3 is 2.30 bits per heavy atom. The summed E-state index contributed by atoms with van der Waals surface area (Å²) in [7, 11) is 1.58. The maximum absolute atomic E-state index is 13.4. The van der Waals surface area contributed by atoms with Crippen molar-refractivity contribution in [3.63, 3.8) is 0 Å². The Morgan fingerprint density at radius 1 is 0.919 bits per heavy atom. The van der Waals surface area contributed by atoms with E-state index in [4.69, 9.17) is 9.47 Å². The molecule has 2 amide bonds. The molecular weight excluding hydrogens is 464 g/mol. The lowest BCUT2D eigenvalue weighted by atomic mass is 9.93. The number of carbonyl (C=O) groups excluding carboxylic acids is 2. The average Bonchev–Trinajstić information content (AvgIpc) is 2.90. The highest BCUT2D eigenvalue weighted by molar-refractivity contribution is 6.19. The third kappa shape index (κ3) is 7.10. The van der Waals surface area contributed by atoms with Crippen molar-refractivity contribution in [3.05, 3.63) is 75.9 Å². The Kier molecular flexibility index (Phi) is 10.1. The highest BCUT2D eigenvalue weighted by atomic mass is 16.5. The molecule has 6 nitrogen and oxygen atoms in total. The number of amides is 2. The number of unbranched alkanes of at least 4 members (excludes halogenated alkanes) is 5. The van der Waals surface area contributed by atoms with Gasteiger partial charge in [-0.15, -0.1) is 0 Å². The molecule has 0 radical (unpaired) electrons. The first kappa shape index (κ1) is 27.7. The maximum atomic E-state index is 13.4. The fourth-order valence-corrected chi connectivity index (χ4v) is 4.27. The number of nitriles is 1. The largest absolute Gasteiger partial charge is 0.493 e. The normalized spacial score (nSPS) is 14.8. The minimum Gasteiger partial charge on any atom is -0.493 e. The van der Waals surface area contributed by atoms with Gasteiger partial charge in [-0.3, -0.25) is 14.5 Å². The van der Waals surface area contributed by atoms with Gasteiger partial charge in [0.25, 0.3) is 11.8 Å². The van der Waals surface area contributed by atoms with Crippen molar-refractivity contribution >= 4 is 17.9 Å². The molecule has 0 saturated heterocycles. The molecule has 2 aromatic carbocycles. The zero-order chi connectivity index (χ0) is 26.8. The van der Waals surface area contributed by atoms with Crippen LogP contribution in [-0.4, -0.2) is 30.4 Å². The van der Waals surface area contributed by atoms with Crippen molar-refractivity contribution in [2.45, 2.75) is 65.8 Å². The smallest absolute Gasteiger partial charge is 0.271 e. The second kappa shape index (κ2) is 13.5. The number of hydrogen-bond donors (Lipinski definition) is 0. The lowest BCUT2D eigenvalue weighted by Crippen LogP contribution is -2.42. The van der Waals surface area contributed by atoms with Crippen LogP contribution in [0, 0.1) is 18.3 Å². The molecule has 0 aliphatic carbocycles. The summed E-state index contributed by atoms with van der Waals surface area (Å²) in [6.07, 6.45) is 8.81. The number of hydrogen-bond acceptors (Lipinski definition) is 5. The molecular formula is C31H36N2O4. The second-order valence-electron chi connectivity index (χ2n) is 9.38. The van der Waals surface area contributed by atoms with Gasteiger partial charge in [0.2, 0.25) is 0 Å². The number of aryl methyl sites for hydroxylation is 1. The molecule has 0 saturated carbocycles. The summed E-state index contributed by atoms with van der Waals surface area (Å²) in [6.45, 7) is 6.53. The van der Waals surface area contributed by atoms with Crippen molar-refractivity contribution < 1.29 is 19.1 Å². The van der Waals surface area contributed by atoms with E-state index in [1.165, 1.54) is 25.7 Å². The minimum absolute atomic E-state index is 0.0242. The van der Waals surface area contributed by atoms with Crippen LogP contribution in [-0.2, 0) is 16.1 Å². The van der Waals surface area contributed by atoms with Crippen LogP contribution >= 0.6 is 0 Å². The fraction of sp³-hybridized carbons (Fsp3) is 0.387. The highest BCUT2D eigenvalue weighted by Crippen LogP contribution is 2.32. The molecule has 194 valence electrons. The lowest BCUT2D eigenvalue weighted by Gasteiger charge is -2.27. The van der Waals surface area contributed by atoms with E-state index in [1.54, 1.807) is 26.2 Å². The summed E-state index contributed by atoms with van der Waals surface area (Å²) in [6, 6.07) is 15.1. The van der Waals surface area contributed by atoms with Crippen molar-refractivity contribution in [2.24, 2.45) is 0 Å². The third-order valence-electron chi connectivity index (χ3n) is 6.54. The van der Waals surface area contributed by atoms with E-state index >= 15 is 0 Å². The van der Waals surface area contributed by atoms with Crippen LogP contribution < -0.4 is 9.47 Å². The summed E-state index contributed by atoms with van der Waals surface area (Å²) < 4.78 is 11.5. The number of methoxy groups -OCH3 is 1. The molecule has 0 fully saturated rings. The van der Waals surface area contributed by atoms with Gasteiger partial charge in [0.05, 0.1) is 20.3 Å². The first-order chi connectivity index (χ1) is 17.9. The molecule has 0 spiro atoms. The van der Waals surface area contributed by atoms with Crippen molar-refractivity contribution in [3.8, 4) is 17.6 Å². The maximum Gasteiger partial charge on any atom is 0.271 e. The summed E-state index contributed by atoms with van der Waals surface area (Å²) in [5.41, 5.74) is 3.28. The molecule has 1 heterocycles. The number of rotatable bonds is 12. The van der Waals surface area contributed by atoms with Crippen LogP contribution in [0.5, 0.6) is 11.5 Å². The molecule has 0 unspecified atom stereocenters. The van der Waals surface area contributed by atoms with Crippen LogP contribution in [0.3, 0.4) is 0 Å². The van der Waals surface area contributed by atoms with Gasteiger partial charge in [-0.25, -0.2) is 0 Å². The van der Waals surface area contributed by atoms with Gasteiger partial charge in [-0.2, -0.15) is 5.26 Å². The van der Waals surface area contributed by atoms with Crippen LogP contribution in [0.25, 0.3) is 6.08 Å². The SMILES string of the molecule is CCCCCCCCOc1ccc(/C=C2/C(=O)N(Cc3ccc(C)cc3)C(=O)C(C#N)=C2C)cc1OC.